The summed E-state index contributed by atoms with van der Waals surface area (Å²) in [5, 5.41) is 5.48. The topological polar surface area (TPSA) is 72.6 Å². The normalized spacial score (nSPS) is 15.5. The molecule has 1 fully saturated rings. The average molecular weight is 247 g/mol. The third-order valence-electron chi connectivity index (χ3n) is 2.95. The Bertz CT molecular complexity index is 588. The fraction of sp³-hybridized carbons (Fsp3) is 0.455. The van der Waals surface area contributed by atoms with Gasteiger partial charge in [0.05, 0.1) is 24.4 Å². The molecule has 0 saturated carbocycles. The second-order valence-corrected chi connectivity index (χ2v) is 4.04. The van der Waals surface area contributed by atoms with Crippen molar-refractivity contribution in [2.75, 3.05) is 13.2 Å². The zero-order valence-corrected chi connectivity index (χ0v) is 10.0. The van der Waals surface area contributed by atoms with Crippen LogP contribution in [-0.2, 0) is 11.3 Å². The molecule has 1 aliphatic heterocycles. The highest BCUT2D eigenvalue weighted by atomic mass is 16.7. The number of amides is 1. The quantitative estimate of drug-likeness (QED) is 0.771. The number of hydrogen-bond donors (Lipinski definition) is 0. The monoisotopic (exact) mass is 247 g/mol. The van der Waals surface area contributed by atoms with Crippen LogP contribution in [0.15, 0.2) is 12.5 Å². The first-order chi connectivity index (χ1) is 8.81. The first kappa shape index (κ1) is 11.1. The lowest BCUT2D eigenvalue weighted by atomic mass is 10.2. The number of carbonyl (C=O) groups excluding carboxylic acids is 1. The fourth-order valence-corrected chi connectivity index (χ4v) is 2.09. The SMILES string of the molecule is CCc1c(C(=O)N2CCCO2)cnc2ncnn12. The minimum atomic E-state index is -0.158. The number of rotatable bonds is 2. The van der Waals surface area contributed by atoms with Crippen molar-refractivity contribution in [2.45, 2.75) is 19.8 Å². The van der Waals surface area contributed by atoms with Crippen molar-refractivity contribution in [2.24, 2.45) is 0 Å². The summed E-state index contributed by atoms with van der Waals surface area (Å²) in [5.41, 5.74) is 1.33. The second-order valence-electron chi connectivity index (χ2n) is 4.04. The van der Waals surface area contributed by atoms with Gasteiger partial charge in [0.25, 0.3) is 11.7 Å². The number of carbonyl (C=O) groups is 1. The van der Waals surface area contributed by atoms with Crippen molar-refractivity contribution in [1.82, 2.24) is 24.6 Å². The molecule has 0 spiro atoms. The number of aryl methyl sites for hydroxylation is 1. The van der Waals surface area contributed by atoms with E-state index in [-0.39, 0.29) is 5.91 Å². The maximum Gasteiger partial charge on any atom is 0.280 e. The Balaban J connectivity index is 2.07. The molecular weight excluding hydrogens is 234 g/mol. The summed E-state index contributed by atoms with van der Waals surface area (Å²) >= 11 is 0. The molecule has 0 aromatic carbocycles. The Morgan fingerprint density at radius 2 is 2.39 bits per heavy atom. The lowest BCUT2D eigenvalue weighted by Gasteiger charge is -2.15. The van der Waals surface area contributed by atoms with Crippen LogP contribution in [0.5, 0.6) is 0 Å². The van der Waals surface area contributed by atoms with Crippen LogP contribution in [0.25, 0.3) is 5.78 Å². The summed E-state index contributed by atoms with van der Waals surface area (Å²) in [4.78, 5) is 25.7. The van der Waals surface area contributed by atoms with Crippen LogP contribution in [0.2, 0.25) is 0 Å². The molecule has 2 aromatic rings. The zero-order chi connectivity index (χ0) is 12.5. The summed E-state index contributed by atoms with van der Waals surface area (Å²) in [5.74, 6) is 0.347. The van der Waals surface area contributed by atoms with Gasteiger partial charge < -0.3 is 0 Å². The molecule has 1 aliphatic rings. The van der Waals surface area contributed by atoms with E-state index in [1.807, 2.05) is 6.92 Å². The standard InChI is InChI=1S/C11H13N5O2/c1-2-9-8(10(17)15-4-3-5-18-15)6-12-11-13-7-14-16(9)11/h6-7H,2-5H2,1H3. The molecule has 3 heterocycles. The number of hydrogen-bond acceptors (Lipinski definition) is 5. The molecule has 0 atom stereocenters. The van der Waals surface area contributed by atoms with E-state index in [4.69, 9.17) is 4.84 Å². The van der Waals surface area contributed by atoms with Crippen LogP contribution >= 0.6 is 0 Å². The van der Waals surface area contributed by atoms with E-state index in [0.29, 0.717) is 30.9 Å². The summed E-state index contributed by atoms with van der Waals surface area (Å²) in [6.07, 6.45) is 4.53. The summed E-state index contributed by atoms with van der Waals surface area (Å²) in [7, 11) is 0. The maximum absolute atomic E-state index is 12.3. The Morgan fingerprint density at radius 3 is 3.11 bits per heavy atom. The van der Waals surface area contributed by atoms with Crippen LogP contribution < -0.4 is 0 Å². The number of nitrogens with zero attached hydrogens (tertiary/aromatic N) is 5. The third-order valence-corrected chi connectivity index (χ3v) is 2.95. The molecular formula is C11H13N5O2. The van der Waals surface area contributed by atoms with Gasteiger partial charge in [-0.05, 0) is 12.8 Å². The molecule has 0 radical (unpaired) electrons. The molecule has 0 aliphatic carbocycles. The van der Waals surface area contributed by atoms with Gasteiger partial charge in [0.15, 0.2) is 0 Å². The number of fused-ring (bicyclic) bond motifs is 1. The predicted molar refractivity (Wildman–Crippen MR) is 61.8 cm³/mol. The molecule has 1 saturated heterocycles. The third kappa shape index (κ3) is 1.63. The van der Waals surface area contributed by atoms with Gasteiger partial charge in [-0.2, -0.15) is 10.1 Å². The Hall–Kier alpha value is -2.02. The van der Waals surface area contributed by atoms with Crippen LogP contribution in [-0.4, -0.2) is 43.7 Å². The van der Waals surface area contributed by atoms with E-state index in [2.05, 4.69) is 15.1 Å². The lowest BCUT2D eigenvalue weighted by Crippen LogP contribution is -2.28. The first-order valence-electron chi connectivity index (χ1n) is 5.93. The summed E-state index contributed by atoms with van der Waals surface area (Å²) in [6, 6.07) is 0. The summed E-state index contributed by atoms with van der Waals surface area (Å²) in [6.45, 7) is 3.18. The van der Waals surface area contributed by atoms with Crippen molar-refractivity contribution >= 4 is 11.7 Å². The molecule has 94 valence electrons. The van der Waals surface area contributed by atoms with Crippen molar-refractivity contribution in [1.29, 1.82) is 0 Å². The molecule has 18 heavy (non-hydrogen) atoms. The molecule has 0 bridgehead atoms. The highest BCUT2D eigenvalue weighted by Crippen LogP contribution is 2.15. The van der Waals surface area contributed by atoms with Gasteiger partial charge in [0, 0.05) is 6.20 Å². The van der Waals surface area contributed by atoms with Crippen molar-refractivity contribution < 1.29 is 9.63 Å². The van der Waals surface area contributed by atoms with Crippen molar-refractivity contribution in [3.8, 4) is 0 Å². The maximum atomic E-state index is 12.3. The van der Waals surface area contributed by atoms with Crippen LogP contribution in [0.1, 0.15) is 29.4 Å². The van der Waals surface area contributed by atoms with Crippen LogP contribution in [0.3, 0.4) is 0 Å². The van der Waals surface area contributed by atoms with Crippen LogP contribution in [0.4, 0.5) is 0 Å². The van der Waals surface area contributed by atoms with Gasteiger partial charge in [-0.25, -0.2) is 14.6 Å². The number of hydroxylamine groups is 2. The van der Waals surface area contributed by atoms with Gasteiger partial charge >= 0.3 is 0 Å². The van der Waals surface area contributed by atoms with E-state index in [9.17, 15) is 4.79 Å². The molecule has 0 N–H and O–H groups in total. The molecule has 7 nitrogen and oxygen atoms in total. The minimum absolute atomic E-state index is 0.158. The van der Waals surface area contributed by atoms with E-state index in [1.54, 1.807) is 10.7 Å². The highest BCUT2D eigenvalue weighted by molar-refractivity contribution is 5.94. The van der Waals surface area contributed by atoms with Gasteiger partial charge in [0.2, 0.25) is 0 Å². The van der Waals surface area contributed by atoms with E-state index in [0.717, 1.165) is 12.1 Å². The van der Waals surface area contributed by atoms with E-state index < -0.39 is 0 Å². The molecule has 2 aromatic heterocycles. The van der Waals surface area contributed by atoms with Gasteiger partial charge in [-0.15, -0.1) is 0 Å². The van der Waals surface area contributed by atoms with E-state index >= 15 is 0 Å². The minimum Gasteiger partial charge on any atom is -0.271 e. The van der Waals surface area contributed by atoms with E-state index in [1.165, 1.54) is 11.4 Å². The Kier molecular flexibility index (Phi) is 2.67. The van der Waals surface area contributed by atoms with Gasteiger partial charge in [-0.3, -0.25) is 9.63 Å². The zero-order valence-electron chi connectivity index (χ0n) is 10.0. The van der Waals surface area contributed by atoms with Gasteiger partial charge in [-0.1, -0.05) is 6.92 Å². The van der Waals surface area contributed by atoms with Gasteiger partial charge in [0.1, 0.15) is 6.33 Å². The largest absolute Gasteiger partial charge is 0.280 e. The van der Waals surface area contributed by atoms with Crippen molar-refractivity contribution in [3.63, 3.8) is 0 Å². The highest BCUT2D eigenvalue weighted by Gasteiger charge is 2.24. The summed E-state index contributed by atoms with van der Waals surface area (Å²) < 4.78 is 1.60. The predicted octanol–water partition coefficient (Wildman–Crippen LogP) is 0.464. The lowest BCUT2D eigenvalue weighted by molar-refractivity contribution is -0.0769. The molecule has 1 amide bonds. The van der Waals surface area contributed by atoms with Crippen LogP contribution in [0, 0.1) is 0 Å². The number of aromatic nitrogens is 4. The Labute approximate surface area is 103 Å². The second kappa shape index (κ2) is 4.34. The first-order valence-corrected chi connectivity index (χ1v) is 5.93. The Morgan fingerprint density at radius 1 is 1.50 bits per heavy atom. The smallest absolute Gasteiger partial charge is 0.271 e. The fourth-order valence-electron chi connectivity index (χ4n) is 2.09. The van der Waals surface area contributed by atoms with Crippen molar-refractivity contribution in [3.05, 3.63) is 23.8 Å². The molecule has 7 heteroatoms. The molecule has 0 unspecified atom stereocenters. The average Bonchev–Trinajstić information content (AvgIpc) is 3.06. The molecule has 3 rings (SSSR count).